The monoisotopic (exact) mass is 351 g/mol. The van der Waals surface area contributed by atoms with E-state index in [-0.39, 0.29) is 30.4 Å². The number of carbonyl (C=O) groups is 2. The van der Waals surface area contributed by atoms with Crippen LogP contribution in [0.5, 0.6) is 0 Å². The van der Waals surface area contributed by atoms with Crippen LogP contribution in [0.1, 0.15) is 54.8 Å². The number of ether oxygens (including phenoxy) is 1. The zero-order valence-corrected chi connectivity index (χ0v) is 15.1. The molecule has 0 heterocycles. The zero-order chi connectivity index (χ0) is 18.4. The Morgan fingerprint density at radius 2 is 1.85 bits per heavy atom. The number of fused-ring (bicyclic) bond motifs is 1. The van der Waals surface area contributed by atoms with Crippen LogP contribution in [0.4, 0.5) is 0 Å². The van der Waals surface area contributed by atoms with Crippen LogP contribution in [0.2, 0.25) is 0 Å². The van der Waals surface area contributed by atoms with Crippen LogP contribution in [-0.4, -0.2) is 18.5 Å². The second kappa shape index (κ2) is 8.65. The van der Waals surface area contributed by atoms with Crippen LogP contribution in [0, 0.1) is 0 Å². The van der Waals surface area contributed by atoms with Crippen molar-refractivity contribution in [2.45, 2.75) is 44.6 Å². The number of rotatable bonds is 6. The molecule has 2 aromatic carbocycles. The Labute approximate surface area is 154 Å². The van der Waals surface area contributed by atoms with E-state index in [1.165, 1.54) is 11.1 Å². The summed E-state index contributed by atoms with van der Waals surface area (Å²) in [5, 5.41) is 3.01. The Hall–Kier alpha value is -2.62. The molecule has 0 aromatic heterocycles. The average molecular weight is 351 g/mol. The summed E-state index contributed by atoms with van der Waals surface area (Å²) >= 11 is 0. The number of aryl methyl sites for hydroxylation is 1. The summed E-state index contributed by atoms with van der Waals surface area (Å²) in [5.74, 6) is -0.930. The van der Waals surface area contributed by atoms with Gasteiger partial charge in [-0.2, -0.15) is 0 Å². The van der Waals surface area contributed by atoms with E-state index in [0.29, 0.717) is 6.42 Å². The van der Waals surface area contributed by atoms with Gasteiger partial charge in [-0.05, 0) is 42.4 Å². The van der Waals surface area contributed by atoms with E-state index in [0.717, 1.165) is 24.8 Å². The Kier molecular flexibility index (Phi) is 6.05. The lowest BCUT2D eigenvalue weighted by atomic mass is 9.88. The van der Waals surface area contributed by atoms with Crippen LogP contribution in [0.25, 0.3) is 0 Å². The van der Waals surface area contributed by atoms with Crippen molar-refractivity contribution in [1.29, 1.82) is 0 Å². The van der Waals surface area contributed by atoms with Crippen LogP contribution in [-0.2, 0) is 20.7 Å². The van der Waals surface area contributed by atoms with Crippen LogP contribution >= 0.6 is 0 Å². The lowest BCUT2D eigenvalue weighted by molar-refractivity contribution is -0.150. The largest absolute Gasteiger partial charge is 0.455 e. The van der Waals surface area contributed by atoms with Gasteiger partial charge in [-0.1, -0.05) is 61.5 Å². The first kappa shape index (κ1) is 18.2. The minimum absolute atomic E-state index is 0.00208. The molecule has 136 valence electrons. The van der Waals surface area contributed by atoms with Gasteiger partial charge in [-0.25, -0.2) is 0 Å². The van der Waals surface area contributed by atoms with Crippen LogP contribution in [0.3, 0.4) is 0 Å². The van der Waals surface area contributed by atoms with Crippen molar-refractivity contribution in [3.05, 3.63) is 71.3 Å². The average Bonchev–Trinajstić information content (AvgIpc) is 2.68. The van der Waals surface area contributed by atoms with Crippen molar-refractivity contribution < 1.29 is 14.3 Å². The molecule has 1 N–H and O–H groups in total. The first-order valence-corrected chi connectivity index (χ1v) is 9.27. The number of benzene rings is 2. The molecule has 0 fully saturated rings. The quantitative estimate of drug-likeness (QED) is 0.803. The minimum Gasteiger partial charge on any atom is -0.455 e. The van der Waals surface area contributed by atoms with E-state index in [9.17, 15) is 9.59 Å². The van der Waals surface area contributed by atoms with E-state index < -0.39 is 0 Å². The van der Waals surface area contributed by atoms with Gasteiger partial charge in [0.25, 0.3) is 5.91 Å². The molecular formula is C22H25NO3. The number of hydrogen-bond donors (Lipinski definition) is 1. The van der Waals surface area contributed by atoms with Crippen LogP contribution in [0.15, 0.2) is 54.6 Å². The molecule has 0 unspecified atom stereocenters. The van der Waals surface area contributed by atoms with E-state index in [1.807, 2.05) is 49.4 Å². The topological polar surface area (TPSA) is 55.4 Å². The predicted octanol–water partition coefficient (Wildman–Crippen LogP) is 3.92. The molecule has 26 heavy (non-hydrogen) atoms. The first-order chi connectivity index (χ1) is 12.7. The highest BCUT2D eigenvalue weighted by Crippen LogP contribution is 2.29. The molecule has 2 atom stereocenters. The summed E-state index contributed by atoms with van der Waals surface area (Å²) in [7, 11) is 0. The Morgan fingerprint density at radius 3 is 2.62 bits per heavy atom. The summed E-state index contributed by atoms with van der Waals surface area (Å²) in [5.41, 5.74) is 3.38. The van der Waals surface area contributed by atoms with Crippen LogP contribution < -0.4 is 5.32 Å². The molecule has 1 aliphatic carbocycles. The van der Waals surface area contributed by atoms with Gasteiger partial charge >= 0.3 is 5.97 Å². The molecule has 0 aliphatic heterocycles. The number of amides is 1. The highest BCUT2D eigenvalue weighted by molar-refractivity contribution is 5.83. The first-order valence-electron chi connectivity index (χ1n) is 9.27. The van der Waals surface area contributed by atoms with Gasteiger partial charge in [0.1, 0.15) is 0 Å². The summed E-state index contributed by atoms with van der Waals surface area (Å²) in [6.45, 7) is 1.71. The molecule has 4 heteroatoms. The standard InChI is InChI=1S/C22H25NO3/c1-2-18(16-9-4-3-5-10-16)22(25)26-15-21(24)23-20-14-8-12-17-11-6-7-13-19(17)20/h3-7,9-11,13,18,20H,2,8,12,14-15H2,1H3,(H,23,24)/t18-,20-/m1/s1. The minimum atomic E-state index is -0.349. The Morgan fingerprint density at radius 1 is 1.12 bits per heavy atom. The maximum Gasteiger partial charge on any atom is 0.313 e. The van der Waals surface area contributed by atoms with Crippen molar-refractivity contribution >= 4 is 11.9 Å². The molecule has 3 rings (SSSR count). The van der Waals surface area contributed by atoms with Gasteiger partial charge in [0, 0.05) is 0 Å². The molecule has 0 saturated carbocycles. The van der Waals surface area contributed by atoms with Gasteiger partial charge in [-0.3, -0.25) is 9.59 Å². The third-order valence-electron chi connectivity index (χ3n) is 4.94. The highest BCUT2D eigenvalue weighted by Gasteiger charge is 2.24. The lowest BCUT2D eigenvalue weighted by Crippen LogP contribution is -2.34. The molecule has 4 nitrogen and oxygen atoms in total. The number of hydrogen-bond acceptors (Lipinski definition) is 3. The van der Waals surface area contributed by atoms with Gasteiger partial charge in [-0.15, -0.1) is 0 Å². The second-order valence-electron chi connectivity index (χ2n) is 6.69. The van der Waals surface area contributed by atoms with Gasteiger partial charge in [0.15, 0.2) is 6.61 Å². The van der Waals surface area contributed by atoms with Crippen molar-refractivity contribution in [2.75, 3.05) is 6.61 Å². The molecular weight excluding hydrogens is 326 g/mol. The highest BCUT2D eigenvalue weighted by atomic mass is 16.5. The third-order valence-corrected chi connectivity index (χ3v) is 4.94. The molecule has 0 radical (unpaired) electrons. The molecule has 0 bridgehead atoms. The zero-order valence-electron chi connectivity index (χ0n) is 15.1. The Bertz CT molecular complexity index is 757. The SMILES string of the molecule is CC[C@@H](C(=O)OCC(=O)N[C@@H]1CCCc2ccccc21)c1ccccc1. The molecule has 1 amide bonds. The van der Waals surface area contributed by atoms with Crippen molar-refractivity contribution in [3.63, 3.8) is 0 Å². The predicted molar refractivity (Wildman–Crippen MR) is 101 cm³/mol. The molecule has 1 aliphatic rings. The second-order valence-corrected chi connectivity index (χ2v) is 6.69. The summed E-state index contributed by atoms with van der Waals surface area (Å²) in [6.07, 6.45) is 3.65. The third kappa shape index (κ3) is 4.31. The fourth-order valence-electron chi connectivity index (χ4n) is 3.60. The smallest absolute Gasteiger partial charge is 0.313 e. The molecule has 0 saturated heterocycles. The maximum atomic E-state index is 12.4. The van der Waals surface area contributed by atoms with Gasteiger partial charge < -0.3 is 10.1 Å². The van der Waals surface area contributed by atoms with E-state index in [4.69, 9.17) is 4.74 Å². The Balaban J connectivity index is 1.55. The van der Waals surface area contributed by atoms with Crippen molar-refractivity contribution in [3.8, 4) is 0 Å². The molecule has 2 aromatic rings. The normalized spacial score (nSPS) is 17.0. The van der Waals surface area contributed by atoms with Gasteiger partial charge in [0.2, 0.25) is 0 Å². The fraction of sp³-hybridized carbons (Fsp3) is 0.364. The number of nitrogens with one attached hydrogen (secondary N) is 1. The summed E-state index contributed by atoms with van der Waals surface area (Å²) < 4.78 is 5.29. The summed E-state index contributed by atoms with van der Waals surface area (Å²) in [4.78, 5) is 24.7. The summed E-state index contributed by atoms with van der Waals surface area (Å²) in [6, 6.07) is 17.7. The number of carbonyl (C=O) groups excluding carboxylic acids is 2. The van der Waals surface area contributed by atoms with Crippen molar-refractivity contribution in [1.82, 2.24) is 5.32 Å². The van der Waals surface area contributed by atoms with E-state index in [2.05, 4.69) is 17.4 Å². The van der Waals surface area contributed by atoms with Crippen molar-refractivity contribution in [2.24, 2.45) is 0 Å². The van der Waals surface area contributed by atoms with E-state index >= 15 is 0 Å². The van der Waals surface area contributed by atoms with Gasteiger partial charge in [0.05, 0.1) is 12.0 Å². The maximum absolute atomic E-state index is 12.4. The lowest BCUT2D eigenvalue weighted by Gasteiger charge is -2.26. The van der Waals surface area contributed by atoms with E-state index in [1.54, 1.807) is 0 Å². The fourth-order valence-corrected chi connectivity index (χ4v) is 3.60. The number of esters is 1. The molecule has 0 spiro atoms.